The third-order valence-corrected chi connectivity index (χ3v) is 3.89. The minimum atomic E-state index is -0.0129. The van der Waals surface area contributed by atoms with Crippen molar-refractivity contribution in [3.63, 3.8) is 0 Å². The van der Waals surface area contributed by atoms with Crippen molar-refractivity contribution in [3.05, 3.63) is 46.2 Å². The van der Waals surface area contributed by atoms with Crippen molar-refractivity contribution < 1.29 is 4.74 Å². The van der Waals surface area contributed by atoms with Gasteiger partial charge in [0.15, 0.2) is 0 Å². The highest BCUT2D eigenvalue weighted by Gasteiger charge is 2.21. The summed E-state index contributed by atoms with van der Waals surface area (Å²) in [4.78, 5) is 0. The van der Waals surface area contributed by atoms with E-state index in [4.69, 9.17) is 16.3 Å². The van der Waals surface area contributed by atoms with Gasteiger partial charge in [-0.1, -0.05) is 30.7 Å². The lowest BCUT2D eigenvalue weighted by Gasteiger charge is -2.20. The van der Waals surface area contributed by atoms with Gasteiger partial charge in [0.25, 0.3) is 0 Å². The number of ether oxygens (including phenoxy) is 1. The summed E-state index contributed by atoms with van der Waals surface area (Å²) in [7, 11) is 3.62. The van der Waals surface area contributed by atoms with E-state index in [-0.39, 0.29) is 6.04 Å². The van der Waals surface area contributed by atoms with Crippen LogP contribution < -0.4 is 10.1 Å². The fourth-order valence-electron chi connectivity index (χ4n) is 2.53. The molecule has 114 valence electrons. The van der Waals surface area contributed by atoms with Crippen LogP contribution in [0.25, 0.3) is 0 Å². The van der Waals surface area contributed by atoms with Gasteiger partial charge in [-0.15, -0.1) is 0 Å². The monoisotopic (exact) mass is 307 g/mol. The molecule has 0 aliphatic rings. The molecule has 0 aliphatic heterocycles. The van der Waals surface area contributed by atoms with Gasteiger partial charge in [0.05, 0.1) is 30.1 Å². The molecule has 0 spiro atoms. The average Bonchev–Trinajstić information content (AvgIpc) is 2.83. The Bertz CT molecular complexity index is 610. The SMILES string of the molecule is CCCn1ncc(Cl)c1C(NC)c1ccc(C)c(OC)c1. The molecule has 5 heteroatoms. The topological polar surface area (TPSA) is 39.1 Å². The van der Waals surface area contributed by atoms with Crippen LogP contribution in [0.3, 0.4) is 0 Å². The molecule has 1 unspecified atom stereocenters. The van der Waals surface area contributed by atoms with Crippen LogP contribution in [0, 0.1) is 6.92 Å². The van der Waals surface area contributed by atoms with Gasteiger partial charge >= 0.3 is 0 Å². The summed E-state index contributed by atoms with van der Waals surface area (Å²) >= 11 is 6.35. The highest BCUT2D eigenvalue weighted by Crippen LogP contribution is 2.31. The smallest absolute Gasteiger partial charge is 0.122 e. The van der Waals surface area contributed by atoms with Gasteiger partial charge in [0, 0.05) is 6.54 Å². The second-order valence-electron chi connectivity index (χ2n) is 5.05. The van der Waals surface area contributed by atoms with Crippen LogP contribution in [0.15, 0.2) is 24.4 Å². The summed E-state index contributed by atoms with van der Waals surface area (Å²) in [6, 6.07) is 6.20. The van der Waals surface area contributed by atoms with Crippen LogP contribution in [0.2, 0.25) is 5.02 Å². The molecule has 1 atom stereocenters. The predicted octanol–water partition coefficient (Wildman–Crippen LogP) is 3.57. The number of aromatic nitrogens is 2. The van der Waals surface area contributed by atoms with Gasteiger partial charge in [0.2, 0.25) is 0 Å². The number of methoxy groups -OCH3 is 1. The van der Waals surface area contributed by atoms with Crippen molar-refractivity contribution in [2.75, 3.05) is 14.2 Å². The Hall–Kier alpha value is -1.52. The van der Waals surface area contributed by atoms with E-state index < -0.39 is 0 Å². The first-order valence-corrected chi connectivity index (χ1v) is 7.53. The Balaban J connectivity index is 2.47. The van der Waals surface area contributed by atoms with E-state index in [2.05, 4.69) is 35.5 Å². The molecule has 1 aromatic carbocycles. The van der Waals surface area contributed by atoms with E-state index in [1.165, 1.54) is 0 Å². The molecule has 0 amide bonds. The number of rotatable bonds is 6. The summed E-state index contributed by atoms with van der Waals surface area (Å²) in [6.45, 7) is 5.01. The second kappa shape index (κ2) is 6.96. The molecule has 0 saturated heterocycles. The third kappa shape index (κ3) is 3.22. The Morgan fingerprint density at radius 1 is 1.43 bits per heavy atom. The lowest BCUT2D eigenvalue weighted by atomic mass is 10.0. The molecule has 0 radical (unpaired) electrons. The van der Waals surface area contributed by atoms with Crippen molar-refractivity contribution >= 4 is 11.6 Å². The van der Waals surface area contributed by atoms with Crippen molar-refractivity contribution in [1.82, 2.24) is 15.1 Å². The van der Waals surface area contributed by atoms with Gasteiger partial charge in [-0.25, -0.2) is 0 Å². The minimum Gasteiger partial charge on any atom is -0.496 e. The average molecular weight is 308 g/mol. The maximum atomic E-state index is 6.35. The zero-order chi connectivity index (χ0) is 15.4. The molecule has 4 nitrogen and oxygen atoms in total. The molecule has 1 heterocycles. The van der Waals surface area contributed by atoms with E-state index in [0.29, 0.717) is 5.02 Å². The van der Waals surface area contributed by atoms with Crippen LogP contribution in [0.5, 0.6) is 5.75 Å². The van der Waals surface area contributed by atoms with E-state index in [1.54, 1.807) is 13.3 Å². The maximum absolute atomic E-state index is 6.35. The third-order valence-electron chi connectivity index (χ3n) is 3.60. The first-order valence-electron chi connectivity index (χ1n) is 7.15. The number of hydrogen-bond donors (Lipinski definition) is 1. The first kappa shape index (κ1) is 15.9. The summed E-state index contributed by atoms with van der Waals surface area (Å²) in [5.41, 5.74) is 3.22. The summed E-state index contributed by atoms with van der Waals surface area (Å²) in [5.74, 6) is 0.880. The largest absolute Gasteiger partial charge is 0.496 e. The van der Waals surface area contributed by atoms with Crippen LogP contribution >= 0.6 is 11.6 Å². The molecular weight excluding hydrogens is 286 g/mol. The lowest BCUT2D eigenvalue weighted by molar-refractivity contribution is 0.410. The zero-order valence-electron chi connectivity index (χ0n) is 13.0. The fraction of sp³-hybridized carbons (Fsp3) is 0.438. The number of hydrogen-bond acceptors (Lipinski definition) is 3. The van der Waals surface area contributed by atoms with Crippen molar-refractivity contribution in [2.24, 2.45) is 0 Å². The van der Waals surface area contributed by atoms with E-state index in [9.17, 15) is 0 Å². The molecule has 1 N–H and O–H groups in total. The van der Waals surface area contributed by atoms with Crippen LogP contribution in [0.4, 0.5) is 0 Å². The Morgan fingerprint density at radius 2 is 2.19 bits per heavy atom. The van der Waals surface area contributed by atoms with Crippen molar-refractivity contribution in [1.29, 1.82) is 0 Å². The molecule has 2 aromatic rings. The van der Waals surface area contributed by atoms with Crippen LogP contribution in [0.1, 0.15) is 36.2 Å². The minimum absolute atomic E-state index is 0.0129. The molecule has 0 fully saturated rings. The zero-order valence-corrected chi connectivity index (χ0v) is 13.7. The summed E-state index contributed by atoms with van der Waals surface area (Å²) in [6.07, 6.45) is 2.72. The van der Waals surface area contributed by atoms with Gasteiger partial charge in [-0.3, -0.25) is 4.68 Å². The van der Waals surface area contributed by atoms with Crippen molar-refractivity contribution in [3.8, 4) is 5.75 Å². The normalized spacial score (nSPS) is 12.4. The van der Waals surface area contributed by atoms with Crippen LogP contribution in [-0.4, -0.2) is 23.9 Å². The highest BCUT2D eigenvalue weighted by molar-refractivity contribution is 6.31. The highest BCUT2D eigenvalue weighted by atomic mass is 35.5. The predicted molar refractivity (Wildman–Crippen MR) is 86.2 cm³/mol. The van der Waals surface area contributed by atoms with E-state index >= 15 is 0 Å². The lowest BCUT2D eigenvalue weighted by Crippen LogP contribution is -2.22. The summed E-state index contributed by atoms with van der Waals surface area (Å²) in [5, 5.41) is 8.39. The number of benzene rings is 1. The second-order valence-corrected chi connectivity index (χ2v) is 5.46. The van der Waals surface area contributed by atoms with Crippen molar-refractivity contribution in [2.45, 2.75) is 32.9 Å². The van der Waals surface area contributed by atoms with Gasteiger partial charge in [-0.2, -0.15) is 5.10 Å². The Kier molecular flexibility index (Phi) is 5.26. The molecule has 0 aliphatic carbocycles. The standard InChI is InChI=1S/C16H22ClN3O/c1-5-8-20-16(13(17)10-19-20)15(18-3)12-7-6-11(2)14(9-12)21-4/h6-7,9-10,15,18H,5,8H2,1-4H3. The molecule has 1 aromatic heterocycles. The van der Waals surface area contributed by atoms with E-state index in [1.807, 2.05) is 18.7 Å². The van der Waals surface area contributed by atoms with Gasteiger partial charge in [0.1, 0.15) is 5.75 Å². The Labute approximate surface area is 131 Å². The number of halogens is 1. The van der Waals surface area contributed by atoms with Gasteiger partial charge < -0.3 is 10.1 Å². The maximum Gasteiger partial charge on any atom is 0.122 e. The number of aryl methyl sites for hydroxylation is 2. The molecule has 2 rings (SSSR count). The fourth-order valence-corrected chi connectivity index (χ4v) is 2.78. The molecule has 0 saturated carbocycles. The van der Waals surface area contributed by atoms with Gasteiger partial charge in [-0.05, 0) is 37.6 Å². The quantitative estimate of drug-likeness (QED) is 0.886. The number of nitrogens with one attached hydrogen (secondary N) is 1. The first-order chi connectivity index (χ1) is 10.1. The molecule has 0 bridgehead atoms. The molecular formula is C16H22ClN3O. The molecule has 21 heavy (non-hydrogen) atoms. The van der Waals surface area contributed by atoms with E-state index in [0.717, 1.165) is 35.5 Å². The number of nitrogens with zero attached hydrogens (tertiary/aromatic N) is 2. The summed E-state index contributed by atoms with van der Waals surface area (Å²) < 4.78 is 7.39. The van der Waals surface area contributed by atoms with Crippen LogP contribution in [-0.2, 0) is 6.54 Å². The Morgan fingerprint density at radius 3 is 2.81 bits per heavy atom.